The maximum Gasteiger partial charge on any atom is 0.311 e. The minimum Gasteiger partial charge on any atom is -0.466 e. The summed E-state index contributed by atoms with van der Waals surface area (Å²) in [4.78, 5) is 15.3. The van der Waals surface area contributed by atoms with Crippen molar-refractivity contribution in [2.24, 2.45) is 0 Å². The van der Waals surface area contributed by atoms with Gasteiger partial charge in [0.1, 0.15) is 22.5 Å². The van der Waals surface area contributed by atoms with Gasteiger partial charge in [0.05, 0.1) is 24.3 Å². The second-order valence-corrected chi connectivity index (χ2v) is 4.73. The summed E-state index contributed by atoms with van der Waals surface area (Å²) in [5, 5.41) is 1.56. The Morgan fingerprint density at radius 1 is 1.30 bits per heavy atom. The van der Waals surface area contributed by atoms with Crippen molar-refractivity contribution in [3.05, 3.63) is 40.7 Å². The number of aromatic nitrogens is 1. The third-order valence-electron chi connectivity index (χ3n) is 2.40. The van der Waals surface area contributed by atoms with E-state index in [-0.39, 0.29) is 18.0 Å². The van der Waals surface area contributed by atoms with Gasteiger partial charge in [0.2, 0.25) is 0 Å². The molecule has 0 unspecified atom stereocenters. The quantitative estimate of drug-likeness (QED) is 0.813. The molecule has 2 aromatic rings. The first-order valence-electron chi connectivity index (χ1n) is 5.76. The molecule has 0 radical (unpaired) electrons. The number of thiazole rings is 1. The Hall–Kier alpha value is -1.89. The summed E-state index contributed by atoms with van der Waals surface area (Å²) in [5.74, 6) is -3.52. The molecule has 0 saturated carbocycles. The fourth-order valence-corrected chi connectivity index (χ4v) is 2.48. The molecule has 0 N–H and O–H groups in total. The standard InChI is InChI=1S/C13H10F3NO2S/c1-2-19-11(18)5-8-6-20-13(17-8)12-9(15)3-7(14)4-10(12)16/h3-4,6H,2,5H2,1H3. The van der Waals surface area contributed by atoms with Crippen molar-refractivity contribution < 1.29 is 22.7 Å². The van der Waals surface area contributed by atoms with Gasteiger partial charge in [-0.1, -0.05) is 0 Å². The zero-order valence-electron chi connectivity index (χ0n) is 10.5. The van der Waals surface area contributed by atoms with E-state index in [0.29, 0.717) is 17.8 Å². The van der Waals surface area contributed by atoms with Gasteiger partial charge in [0.15, 0.2) is 0 Å². The van der Waals surface area contributed by atoms with E-state index in [9.17, 15) is 18.0 Å². The molecule has 0 saturated heterocycles. The molecule has 0 amide bonds. The van der Waals surface area contributed by atoms with Gasteiger partial charge in [-0.2, -0.15) is 0 Å². The smallest absolute Gasteiger partial charge is 0.311 e. The monoisotopic (exact) mass is 301 g/mol. The SMILES string of the molecule is CCOC(=O)Cc1csc(-c2c(F)cc(F)cc2F)n1. The van der Waals surface area contributed by atoms with E-state index in [1.54, 1.807) is 6.92 Å². The van der Waals surface area contributed by atoms with E-state index in [1.807, 2.05) is 0 Å². The molecule has 3 nitrogen and oxygen atoms in total. The second-order valence-electron chi connectivity index (χ2n) is 3.87. The summed E-state index contributed by atoms with van der Waals surface area (Å²) < 4.78 is 44.7. The molecule has 106 valence electrons. The number of carbonyl (C=O) groups excluding carboxylic acids is 1. The normalized spacial score (nSPS) is 10.6. The number of halogens is 3. The van der Waals surface area contributed by atoms with Crippen LogP contribution in [0.4, 0.5) is 13.2 Å². The van der Waals surface area contributed by atoms with Gasteiger partial charge in [-0.3, -0.25) is 4.79 Å². The van der Waals surface area contributed by atoms with Crippen LogP contribution in [0.15, 0.2) is 17.5 Å². The molecule has 1 heterocycles. The molecule has 2 rings (SSSR count). The fourth-order valence-electron chi connectivity index (χ4n) is 1.61. The molecular weight excluding hydrogens is 291 g/mol. The Labute approximate surface area is 117 Å². The van der Waals surface area contributed by atoms with Crippen LogP contribution in [-0.4, -0.2) is 17.6 Å². The number of esters is 1. The van der Waals surface area contributed by atoms with Gasteiger partial charge >= 0.3 is 5.97 Å². The highest BCUT2D eigenvalue weighted by Gasteiger charge is 2.17. The molecule has 0 spiro atoms. The Morgan fingerprint density at radius 2 is 1.95 bits per heavy atom. The van der Waals surface area contributed by atoms with Crippen LogP contribution in [0.25, 0.3) is 10.6 Å². The summed E-state index contributed by atoms with van der Waals surface area (Å²) in [6.07, 6.45) is -0.0746. The molecule has 0 fully saturated rings. The zero-order valence-corrected chi connectivity index (χ0v) is 11.3. The fraction of sp³-hybridized carbons (Fsp3) is 0.231. The highest BCUT2D eigenvalue weighted by molar-refractivity contribution is 7.13. The predicted molar refractivity (Wildman–Crippen MR) is 67.8 cm³/mol. The van der Waals surface area contributed by atoms with E-state index in [1.165, 1.54) is 5.38 Å². The van der Waals surface area contributed by atoms with Crippen LogP contribution in [0.3, 0.4) is 0 Å². The molecule has 7 heteroatoms. The Balaban J connectivity index is 2.27. The maximum atomic E-state index is 13.6. The average molecular weight is 301 g/mol. The lowest BCUT2D eigenvalue weighted by molar-refractivity contribution is -0.142. The van der Waals surface area contributed by atoms with Crippen molar-refractivity contribution in [2.75, 3.05) is 6.61 Å². The molecule has 1 aromatic heterocycles. The molecule has 0 bridgehead atoms. The third-order valence-corrected chi connectivity index (χ3v) is 3.31. The van der Waals surface area contributed by atoms with Crippen molar-refractivity contribution in [3.63, 3.8) is 0 Å². The molecule has 1 aromatic carbocycles. The van der Waals surface area contributed by atoms with Crippen LogP contribution in [0, 0.1) is 17.5 Å². The van der Waals surface area contributed by atoms with Crippen LogP contribution in [0.5, 0.6) is 0 Å². The predicted octanol–water partition coefficient (Wildman–Crippen LogP) is 3.33. The Bertz CT molecular complexity index is 619. The van der Waals surface area contributed by atoms with Gasteiger partial charge in [-0.25, -0.2) is 18.2 Å². The second kappa shape index (κ2) is 6.04. The summed E-state index contributed by atoms with van der Waals surface area (Å²) in [5.41, 5.74) is -0.0434. The number of carbonyl (C=O) groups is 1. The summed E-state index contributed by atoms with van der Waals surface area (Å²) in [6, 6.07) is 1.18. The molecule has 0 atom stereocenters. The Kier molecular flexibility index (Phi) is 4.39. The van der Waals surface area contributed by atoms with E-state index in [4.69, 9.17) is 4.74 Å². The topological polar surface area (TPSA) is 39.2 Å². The maximum absolute atomic E-state index is 13.6. The lowest BCUT2D eigenvalue weighted by Gasteiger charge is -2.01. The van der Waals surface area contributed by atoms with Crippen molar-refractivity contribution in [1.29, 1.82) is 0 Å². The van der Waals surface area contributed by atoms with Crippen molar-refractivity contribution >= 4 is 17.3 Å². The number of hydrogen-bond acceptors (Lipinski definition) is 4. The van der Waals surface area contributed by atoms with Crippen LogP contribution in [0.2, 0.25) is 0 Å². The van der Waals surface area contributed by atoms with Crippen molar-refractivity contribution in [2.45, 2.75) is 13.3 Å². The summed E-state index contributed by atoms with van der Waals surface area (Å²) >= 11 is 0.976. The number of ether oxygens (including phenoxy) is 1. The molecule has 0 aliphatic heterocycles. The van der Waals surface area contributed by atoms with Gasteiger partial charge in [0.25, 0.3) is 0 Å². The van der Waals surface area contributed by atoms with Crippen molar-refractivity contribution in [3.8, 4) is 10.6 Å². The van der Waals surface area contributed by atoms with E-state index >= 15 is 0 Å². The van der Waals surface area contributed by atoms with Gasteiger partial charge < -0.3 is 4.74 Å². The van der Waals surface area contributed by atoms with E-state index in [0.717, 1.165) is 11.3 Å². The lowest BCUT2D eigenvalue weighted by atomic mass is 10.2. The van der Waals surface area contributed by atoms with E-state index in [2.05, 4.69) is 4.98 Å². The number of nitrogens with zero attached hydrogens (tertiary/aromatic N) is 1. The molecule has 0 aliphatic carbocycles. The number of benzene rings is 1. The minimum atomic E-state index is -1.03. The van der Waals surface area contributed by atoms with Gasteiger partial charge in [0, 0.05) is 17.5 Å². The molecule has 0 aliphatic rings. The number of rotatable bonds is 4. The largest absolute Gasteiger partial charge is 0.466 e. The Morgan fingerprint density at radius 3 is 2.55 bits per heavy atom. The van der Waals surface area contributed by atoms with Gasteiger partial charge in [-0.05, 0) is 6.92 Å². The molecular formula is C13H10F3NO2S. The van der Waals surface area contributed by atoms with Gasteiger partial charge in [-0.15, -0.1) is 11.3 Å². The minimum absolute atomic E-state index is 0.0549. The third kappa shape index (κ3) is 3.16. The first kappa shape index (κ1) is 14.5. The highest BCUT2D eigenvalue weighted by atomic mass is 32.1. The number of hydrogen-bond donors (Lipinski definition) is 0. The first-order valence-corrected chi connectivity index (χ1v) is 6.64. The van der Waals surface area contributed by atoms with Crippen LogP contribution in [-0.2, 0) is 16.0 Å². The molecule has 20 heavy (non-hydrogen) atoms. The van der Waals surface area contributed by atoms with Crippen molar-refractivity contribution in [1.82, 2.24) is 4.98 Å². The van der Waals surface area contributed by atoms with E-state index < -0.39 is 29.0 Å². The van der Waals surface area contributed by atoms with Crippen LogP contribution >= 0.6 is 11.3 Å². The summed E-state index contributed by atoms with van der Waals surface area (Å²) in [7, 11) is 0. The van der Waals surface area contributed by atoms with Crippen LogP contribution < -0.4 is 0 Å². The zero-order chi connectivity index (χ0) is 14.7. The highest BCUT2D eigenvalue weighted by Crippen LogP contribution is 2.29. The average Bonchev–Trinajstić information content (AvgIpc) is 2.76. The van der Waals surface area contributed by atoms with Crippen LogP contribution in [0.1, 0.15) is 12.6 Å². The first-order chi connectivity index (χ1) is 9.51. The lowest BCUT2D eigenvalue weighted by Crippen LogP contribution is -2.07. The summed E-state index contributed by atoms with van der Waals surface area (Å²) in [6.45, 7) is 1.92.